The van der Waals surface area contributed by atoms with E-state index in [1.54, 1.807) is 13.2 Å². The van der Waals surface area contributed by atoms with Gasteiger partial charge in [0.05, 0.1) is 0 Å². The third-order valence-corrected chi connectivity index (χ3v) is 18.8. The summed E-state index contributed by atoms with van der Waals surface area (Å²) in [6.07, 6.45) is 22.8. The minimum atomic E-state index is -2.71. The monoisotopic (exact) mass is 558 g/mol. The van der Waals surface area contributed by atoms with Crippen LogP contribution in [0.2, 0.25) is 5.25 Å². The Balaban J connectivity index is 1.41. The Morgan fingerprint density at radius 2 is 0.622 bits per heavy atom. The van der Waals surface area contributed by atoms with Gasteiger partial charge in [0.2, 0.25) is 0 Å². The van der Waals surface area contributed by atoms with Gasteiger partial charge in [0.25, 0.3) is 0 Å². The zero-order valence-corrected chi connectivity index (χ0v) is 25.8. The third kappa shape index (κ3) is 10.1. The summed E-state index contributed by atoms with van der Waals surface area (Å²) in [5.74, 6) is 0. The number of benzene rings is 3. The molecule has 0 nitrogen and oxygen atoms in total. The molecule has 0 amide bonds. The number of rotatable bonds is 20. The molecule has 0 radical (unpaired) electrons. The molecule has 0 unspecified atom stereocenters. The van der Waals surface area contributed by atoms with E-state index in [1.165, 1.54) is 108 Å². The van der Waals surface area contributed by atoms with Gasteiger partial charge >= 0.3 is 193 Å². The third-order valence-electron chi connectivity index (χ3n) is 8.21. The molecule has 3 aromatic rings. The first-order valence-corrected chi connectivity index (χ1v) is 20.2. The van der Waals surface area contributed by atoms with Crippen LogP contribution in [-0.2, 0) is 0 Å². The van der Waals surface area contributed by atoms with Crippen molar-refractivity contribution < 1.29 is 0 Å². The van der Waals surface area contributed by atoms with Crippen molar-refractivity contribution in [3.8, 4) is 0 Å². The average Bonchev–Trinajstić information content (AvgIpc) is 2.96. The Kier molecular flexibility index (Phi) is 14.8. The molecule has 37 heavy (non-hydrogen) atoms. The first-order valence-electron chi connectivity index (χ1n) is 15.5. The molecule has 0 saturated carbocycles. The molecule has 0 atom stereocenters. The second-order valence-electron chi connectivity index (χ2n) is 11.1. The van der Waals surface area contributed by atoms with Crippen molar-refractivity contribution in [3.05, 3.63) is 91.0 Å². The standard InChI is InChI=1S/C36H52Ge/c1-2-3-4-5-6-7-8-9-10-11-12-13-14-15-16-26-33-37(34-27-20-17-21-28-34,35-29-22-18-23-30-35)36-31-24-19-25-32-36/h17-25,27-32H,2-16,26,33H2,1H3. The molecule has 0 heterocycles. The van der Waals surface area contributed by atoms with E-state index in [0.717, 1.165) is 0 Å². The van der Waals surface area contributed by atoms with Crippen molar-refractivity contribution in [1.29, 1.82) is 0 Å². The van der Waals surface area contributed by atoms with Gasteiger partial charge in [-0.2, -0.15) is 0 Å². The van der Waals surface area contributed by atoms with Crippen LogP contribution < -0.4 is 13.2 Å². The normalized spacial score (nSPS) is 11.6. The van der Waals surface area contributed by atoms with E-state index < -0.39 is 13.3 Å². The summed E-state index contributed by atoms with van der Waals surface area (Å²) in [6, 6.07) is 34.4. The van der Waals surface area contributed by atoms with Crippen LogP contribution in [0.3, 0.4) is 0 Å². The number of hydrogen-bond acceptors (Lipinski definition) is 0. The predicted molar refractivity (Wildman–Crippen MR) is 168 cm³/mol. The summed E-state index contributed by atoms with van der Waals surface area (Å²) < 4.78 is 4.79. The fourth-order valence-corrected chi connectivity index (χ4v) is 16.4. The summed E-state index contributed by atoms with van der Waals surface area (Å²) in [6.45, 7) is 2.30. The molecular weight excluding hydrogens is 505 g/mol. The molecular formula is C36H52Ge. The fraction of sp³-hybridized carbons (Fsp3) is 0.500. The second-order valence-corrected chi connectivity index (χ2v) is 19.5. The summed E-state index contributed by atoms with van der Waals surface area (Å²) in [7, 11) is 0. The van der Waals surface area contributed by atoms with E-state index in [2.05, 4.69) is 97.9 Å². The zero-order chi connectivity index (χ0) is 25.9. The quantitative estimate of drug-likeness (QED) is 0.0959. The molecule has 0 N–H and O–H groups in total. The maximum absolute atomic E-state index is 2.71. The van der Waals surface area contributed by atoms with Crippen molar-refractivity contribution in [2.24, 2.45) is 0 Å². The van der Waals surface area contributed by atoms with Crippen LogP contribution in [0.25, 0.3) is 0 Å². The Bertz CT molecular complexity index is 822. The maximum atomic E-state index is 2.41. The Morgan fingerprint density at radius 3 is 0.919 bits per heavy atom. The van der Waals surface area contributed by atoms with E-state index in [9.17, 15) is 0 Å². The van der Waals surface area contributed by atoms with Crippen LogP contribution in [0.1, 0.15) is 110 Å². The van der Waals surface area contributed by atoms with E-state index in [1.807, 2.05) is 0 Å². The van der Waals surface area contributed by atoms with E-state index in [4.69, 9.17) is 0 Å². The molecule has 0 saturated heterocycles. The molecule has 1 heteroatoms. The predicted octanol–water partition coefficient (Wildman–Crippen LogP) is 9.42. The van der Waals surface area contributed by atoms with Crippen molar-refractivity contribution in [2.75, 3.05) is 0 Å². The van der Waals surface area contributed by atoms with E-state index in [-0.39, 0.29) is 0 Å². The van der Waals surface area contributed by atoms with Gasteiger partial charge in [-0.3, -0.25) is 0 Å². The molecule has 0 bridgehead atoms. The van der Waals surface area contributed by atoms with Gasteiger partial charge < -0.3 is 0 Å². The second kappa shape index (κ2) is 18.5. The summed E-state index contributed by atoms with van der Waals surface area (Å²) in [4.78, 5) is 0. The summed E-state index contributed by atoms with van der Waals surface area (Å²) >= 11 is -2.71. The molecule has 0 aliphatic heterocycles. The number of hydrogen-bond donors (Lipinski definition) is 0. The minimum absolute atomic E-state index is 1.34. The molecule has 0 fully saturated rings. The Labute approximate surface area is 231 Å². The van der Waals surface area contributed by atoms with Crippen LogP contribution in [0.15, 0.2) is 91.0 Å². The molecule has 200 valence electrons. The summed E-state index contributed by atoms with van der Waals surface area (Å²) in [5, 5.41) is 1.34. The van der Waals surface area contributed by atoms with Gasteiger partial charge in [-0.05, 0) is 0 Å². The van der Waals surface area contributed by atoms with Gasteiger partial charge in [-0.25, -0.2) is 0 Å². The van der Waals surface area contributed by atoms with Crippen LogP contribution in [0.5, 0.6) is 0 Å². The molecule has 0 aliphatic carbocycles. The van der Waals surface area contributed by atoms with Crippen LogP contribution in [-0.4, -0.2) is 13.3 Å². The molecule has 0 spiro atoms. The molecule has 3 aromatic carbocycles. The van der Waals surface area contributed by atoms with E-state index >= 15 is 0 Å². The van der Waals surface area contributed by atoms with Crippen LogP contribution in [0.4, 0.5) is 0 Å². The van der Waals surface area contributed by atoms with Gasteiger partial charge in [-0.15, -0.1) is 0 Å². The van der Waals surface area contributed by atoms with E-state index in [0.29, 0.717) is 0 Å². The topological polar surface area (TPSA) is 0 Å². The molecule has 0 aliphatic rings. The van der Waals surface area contributed by atoms with Crippen molar-refractivity contribution in [1.82, 2.24) is 0 Å². The van der Waals surface area contributed by atoms with Gasteiger partial charge in [0.15, 0.2) is 0 Å². The molecule has 0 aromatic heterocycles. The molecule has 3 rings (SSSR count). The average molecular weight is 557 g/mol. The van der Waals surface area contributed by atoms with Gasteiger partial charge in [0.1, 0.15) is 0 Å². The zero-order valence-electron chi connectivity index (χ0n) is 23.7. The van der Waals surface area contributed by atoms with Crippen LogP contribution in [0, 0.1) is 0 Å². The van der Waals surface area contributed by atoms with Crippen molar-refractivity contribution in [2.45, 2.75) is 115 Å². The SMILES string of the molecule is CCCCCCCCCCCCCCCCC[CH2][Ge]([c]1ccccc1)([c]1ccccc1)[c]1ccccc1. The van der Waals surface area contributed by atoms with Gasteiger partial charge in [0, 0.05) is 0 Å². The first kappa shape index (κ1) is 29.8. The Hall–Kier alpha value is -1.80. The number of unbranched alkanes of at least 4 members (excludes halogenated alkanes) is 15. The summed E-state index contributed by atoms with van der Waals surface area (Å²) in [5.41, 5.74) is 0. The van der Waals surface area contributed by atoms with Crippen molar-refractivity contribution >= 4 is 26.5 Å². The van der Waals surface area contributed by atoms with Gasteiger partial charge in [-0.1, -0.05) is 39.0 Å². The Morgan fingerprint density at radius 1 is 0.351 bits per heavy atom. The van der Waals surface area contributed by atoms with Crippen molar-refractivity contribution in [3.63, 3.8) is 0 Å². The fourth-order valence-electron chi connectivity index (χ4n) is 6.04. The van der Waals surface area contributed by atoms with Crippen LogP contribution >= 0.6 is 0 Å². The first-order chi connectivity index (χ1) is 18.4.